The van der Waals surface area contributed by atoms with Gasteiger partial charge in [-0.15, -0.1) is 0 Å². The van der Waals surface area contributed by atoms with Crippen molar-refractivity contribution in [3.05, 3.63) is 70.2 Å². The molecule has 5 heteroatoms. The van der Waals surface area contributed by atoms with E-state index in [2.05, 4.69) is 43.4 Å². The Balaban J connectivity index is 2.15. The van der Waals surface area contributed by atoms with Gasteiger partial charge < -0.3 is 10.2 Å². The second-order valence-corrected chi connectivity index (χ2v) is 8.30. The number of nitrogens with one attached hydrogen (secondary N) is 1. The van der Waals surface area contributed by atoms with Crippen molar-refractivity contribution < 1.29 is 9.59 Å². The molecule has 1 atom stereocenters. The Bertz CT molecular complexity index is 816. The van der Waals surface area contributed by atoms with Crippen molar-refractivity contribution in [2.24, 2.45) is 0 Å². The first-order valence-electron chi connectivity index (χ1n) is 10.8. The molecular weight excluding hydrogens is 396 g/mol. The lowest BCUT2D eigenvalue weighted by molar-refractivity contribution is -0.141. The van der Waals surface area contributed by atoms with E-state index in [9.17, 15) is 9.59 Å². The standard InChI is InChI=1S/C25H33ClN2O2/c1-5-23(25(30)27-6-2)28(17-20-9-14-22(26)15-10-20)24(29)16-11-19-7-12-21(13-8-19)18(3)4/h7-10,12-15,18,23H,5-6,11,16-17H2,1-4H3,(H,27,30)/t23-/m1/s1. The molecule has 0 aliphatic heterocycles. The monoisotopic (exact) mass is 428 g/mol. The number of amides is 2. The highest BCUT2D eigenvalue weighted by Crippen LogP contribution is 2.18. The molecule has 0 unspecified atom stereocenters. The number of halogens is 1. The lowest BCUT2D eigenvalue weighted by Crippen LogP contribution is -2.49. The van der Waals surface area contributed by atoms with Crippen molar-refractivity contribution >= 4 is 23.4 Å². The number of rotatable bonds is 10. The maximum atomic E-state index is 13.2. The minimum atomic E-state index is -0.489. The number of likely N-dealkylation sites (N-methyl/N-ethyl adjacent to an activating group) is 1. The third-order valence-electron chi connectivity index (χ3n) is 5.28. The van der Waals surface area contributed by atoms with E-state index in [0.717, 1.165) is 11.1 Å². The van der Waals surface area contributed by atoms with E-state index >= 15 is 0 Å². The fourth-order valence-corrected chi connectivity index (χ4v) is 3.59. The molecule has 2 rings (SSSR count). The van der Waals surface area contributed by atoms with Crippen LogP contribution in [0.3, 0.4) is 0 Å². The molecule has 30 heavy (non-hydrogen) atoms. The average Bonchev–Trinajstić information content (AvgIpc) is 2.73. The number of benzene rings is 2. The minimum Gasteiger partial charge on any atom is -0.355 e. The molecule has 0 radical (unpaired) electrons. The van der Waals surface area contributed by atoms with E-state index in [4.69, 9.17) is 11.6 Å². The highest BCUT2D eigenvalue weighted by Gasteiger charge is 2.28. The second-order valence-electron chi connectivity index (χ2n) is 7.86. The van der Waals surface area contributed by atoms with Crippen LogP contribution in [-0.2, 0) is 22.6 Å². The Morgan fingerprint density at radius 1 is 0.967 bits per heavy atom. The van der Waals surface area contributed by atoms with Gasteiger partial charge in [0.15, 0.2) is 0 Å². The molecule has 0 heterocycles. The summed E-state index contributed by atoms with van der Waals surface area (Å²) in [4.78, 5) is 27.5. The summed E-state index contributed by atoms with van der Waals surface area (Å²) in [5, 5.41) is 3.51. The van der Waals surface area contributed by atoms with Crippen LogP contribution in [0.5, 0.6) is 0 Å². The zero-order valence-corrected chi connectivity index (χ0v) is 19.2. The summed E-state index contributed by atoms with van der Waals surface area (Å²) in [6.07, 6.45) is 1.58. The zero-order valence-electron chi connectivity index (χ0n) is 18.5. The van der Waals surface area contributed by atoms with Gasteiger partial charge in [0, 0.05) is 24.5 Å². The van der Waals surface area contributed by atoms with Gasteiger partial charge in [0.05, 0.1) is 0 Å². The van der Waals surface area contributed by atoms with Gasteiger partial charge >= 0.3 is 0 Å². The van der Waals surface area contributed by atoms with Gasteiger partial charge in [-0.2, -0.15) is 0 Å². The average molecular weight is 429 g/mol. The smallest absolute Gasteiger partial charge is 0.242 e. The van der Waals surface area contributed by atoms with Crippen LogP contribution in [0.4, 0.5) is 0 Å². The quantitative estimate of drug-likeness (QED) is 0.555. The van der Waals surface area contributed by atoms with Gasteiger partial charge in [-0.3, -0.25) is 9.59 Å². The van der Waals surface area contributed by atoms with E-state index in [1.807, 2.05) is 38.1 Å². The Labute approximate surface area is 185 Å². The van der Waals surface area contributed by atoms with Crippen LogP contribution in [0, 0.1) is 0 Å². The highest BCUT2D eigenvalue weighted by molar-refractivity contribution is 6.30. The Kier molecular flexibility index (Phi) is 9.38. The molecule has 1 N–H and O–H groups in total. The maximum absolute atomic E-state index is 13.2. The molecular formula is C25H33ClN2O2. The van der Waals surface area contributed by atoms with Crippen LogP contribution in [0.15, 0.2) is 48.5 Å². The lowest BCUT2D eigenvalue weighted by atomic mass is 10.00. The fraction of sp³-hybridized carbons (Fsp3) is 0.440. The van der Waals surface area contributed by atoms with Gasteiger partial charge in [-0.1, -0.05) is 68.8 Å². The molecule has 0 spiro atoms. The normalized spacial score (nSPS) is 11.9. The van der Waals surface area contributed by atoms with Crippen LogP contribution in [0.25, 0.3) is 0 Å². The van der Waals surface area contributed by atoms with Crippen molar-refractivity contribution in [3.63, 3.8) is 0 Å². The predicted octanol–water partition coefficient (Wildman–Crippen LogP) is 5.34. The summed E-state index contributed by atoms with van der Waals surface area (Å²) >= 11 is 6.00. The Morgan fingerprint density at radius 2 is 1.57 bits per heavy atom. The summed E-state index contributed by atoms with van der Waals surface area (Å²) in [6, 6.07) is 15.4. The van der Waals surface area contributed by atoms with Crippen molar-refractivity contribution in [1.29, 1.82) is 0 Å². The number of carbonyl (C=O) groups is 2. The zero-order chi connectivity index (χ0) is 22.1. The summed E-state index contributed by atoms with van der Waals surface area (Å²) < 4.78 is 0. The number of hydrogen-bond donors (Lipinski definition) is 1. The second kappa shape index (κ2) is 11.8. The largest absolute Gasteiger partial charge is 0.355 e. The molecule has 0 aromatic heterocycles. The molecule has 2 aromatic carbocycles. The first-order valence-corrected chi connectivity index (χ1v) is 11.1. The molecule has 0 bridgehead atoms. The first-order chi connectivity index (χ1) is 14.3. The topological polar surface area (TPSA) is 49.4 Å². The van der Waals surface area contributed by atoms with Crippen LogP contribution < -0.4 is 5.32 Å². The minimum absolute atomic E-state index is 0.0176. The predicted molar refractivity (Wildman–Crippen MR) is 124 cm³/mol. The van der Waals surface area contributed by atoms with Crippen molar-refractivity contribution in [2.45, 2.75) is 65.5 Å². The van der Waals surface area contributed by atoms with E-state index in [-0.39, 0.29) is 11.8 Å². The van der Waals surface area contributed by atoms with Gasteiger partial charge in [0.2, 0.25) is 11.8 Å². The van der Waals surface area contributed by atoms with Gasteiger partial charge in [0.25, 0.3) is 0 Å². The molecule has 0 aliphatic rings. The summed E-state index contributed by atoms with van der Waals surface area (Å²) in [7, 11) is 0. The first kappa shape index (κ1) is 23.9. The molecule has 4 nitrogen and oxygen atoms in total. The fourth-order valence-electron chi connectivity index (χ4n) is 3.46. The molecule has 2 aromatic rings. The van der Waals surface area contributed by atoms with E-state index < -0.39 is 6.04 Å². The third-order valence-corrected chi connectivity index (χ3v) is 5.53. The van der Waals surface area contributed by atoms with Crippen LogP contribution in [-0.4, -0.2) is 29.3 Å². The molecule has 162 valence electrons. The van der Waals surface area contributed by atoms with Crippen LogP contribution in [0.1, 0.15) is 63.1 Å². The van der Waals surface area contributed by atoms with Crippen molar-refractivity contribution in [2.75, 3.05) is 6.54 Å². The van der Waals surface area contributed by atoms with E-state index in [1.165, 1.54) is 5.56 Å². The Hall–Kier alpha value is -2.33. The van der Waals surface area contributed by atoms with Gasteiger partial charge in [-0.25, -0.2) is 0 Å². The Morgan fingerprint density at radius 3 is 2.10 bits per heavy atom. The molecule has 0 saturated carbocycles. The molecule has 0 aliphatic carbocycles. The number of hydrogen-bond acceptors (Lipinski definition) is 2. The van der Waals surface area contributed by atoms with E-state index in [1.54, 1.807) is 4.90 Å². The van der Waals surface area contributed by atoms with Gasteiger partial charge in [0.1, 0.15) is 6.04 Å². The third kappa shape index (κ3) is 6.88. The summed E-state index contributed by atoms with van der Waals surface area (Å²) in [5.41, 5.74) is 3.37. The number of nitrogens with zero attached hydrogens (tertiary/aromatic N) is 1. The highest BCUT2D eigenvalue weighted by atomic mass is 35.5. The molecule has 2 amide bonds. The SMILES string of the molecule is CCNC(=O)[C@@H](CC)N(Cc1ccc(Cl)cc1)C(=O)CCc1ccc(C(C)C)cc1. The lowest BCUT2D eigenvalue weighted by Gasteiger charge is -2.30. The summed E-state index contributed by atoms with van der Waals surface area (Å²) in [6.45, 7) is 9.08. The van der Waals surface area contributed by atoms with Gasteiger partial charge in [-0.05, 0) is 54.5 Å². The number of carbonyl (C=O) groups excluding carboxylic acids is 2. The van der Waals surface area contributed by atoms with Crippen molar-refractivity contribution in [1.82, 2.24) is 10.2 Å². The maximum Gasteiger partial charge on any atom is 0.242 e. The number of aryl methyl sites for hydroxylation is 1. The van der Waals surface area contributed by atoms with E-state index in [0.29, 0.717) is 43.3 Å². The van der Waals surface area contributed by atoms with Crippen LogP contribution >= 0.6 is 11.6 Å². The molecule has 0 saturated heterocycles. The summed E-state index contributed by atoms with van der Waals surface area (Å²) in [5.74, 6) is 0.359. The van der Waals surface area contributed by atoms with Crippen molar-refractivity contribution in [3.8, 4) is 0 Å². The van der Waals surface area contributed by atoms with Crippen LogP contribution in [0.2, 0.25) is 5.02 Å². The molecule has 0 fully saturated rings.